The van der Waals surface area contributed by atoms with E-state index in [0.717, 1.165) is 11.6 Å². The van der Waals surface area contributed by atoms with E-state index in [4.69, 9.17) is 0 Å². The van der Waals surface area contributed by atoms with Gasteiger partial charge in [0.15, 0.2) is 0 Å². The first kappa shape index (κ1) is 22.2. The Kier molecular flexibility index (Phi) is 6.55. The number of amides is 3. The fourth-order valence-electron chi connectivity index (χ4n) is 3.16. The zero-order chi connectivity index (χ0) is 23.9. The zero-order valence-electron chi connectivity index (χ0n) is 17.7. The molecule has 4 N–H and O–H groups in total. The molecular formula is C25H19N5O4. The first-order valence-electron chi connectivity index (χ1n) is 10.2. The maximum atomic E-state index is 12.6. The van der Waals surface area contributed by atoms with E-state index >= 15 is 0 Å². The lowest BCUT2D eigenvalue weighted by molar-refractivity contribution is -0.136. The Bertz CT molecular complexity index is 1460. The van der Waals surface area contributed by atoms with E-state index in [9.17, 15) is 19.2 Å². The van der Waals surface area contributed by atoms with Gasteiger partial charge in [0.25, 0.3) is 11.5 Å². The van der Waals surface area contributed by atoms with Crippen LogP contribution in [0.3, 0.4) is 0 Å². The molecule has 0 fully saturated rings. The van der Waals surface area contributed by atoms with Crippen molar-refractivity contribution >= 4 is 46.2 Å². The van der Waals surface area contributed by atoms with Crippen LogP contribution in [0.4, 0.5) is 11.4 Å². The second kappa shape index (κ2) is 10.0. The Hall–Kier alpha value is -5.05. The van der Waals surface area contributed by atoms with E-state index in [-0.39, 0.29) is 22.4 Å². The lowest BCUT2D eigenvalue weighted by atomic mass is 10.1. The van der Waals surface area contributed by atoms with Crippen LogP contribution >= 0.6 is 0 Å². The average Bonchev–Trinajstić information content (AvgIpc) is 2.85. The molecule has 0 radical (unpaired) electrons. The number of hydrogen-bond donors (Lipinski definition) is 4. The minimum atomic E-state index is -1.06. The van der Waals surface area contributed by atoms with Gasteiger partial charge >= 0.3 is 11.8 Å². The molecule has 9 heteroatoms. The number of nitrogens with one attached hydrogen (secondary N) is 4. The van der Waals surface area contributed by atoms with Crippen molar-refractivity contribution in [1.82, 2.24) is 10.4 Å². The highest BCUT2D eigenvalue weighted by Crippen LogP contribution is 2.17. The summed E-state index contributed by atoms with van der Waals surface area (Å²) in [5.41, 5.74) is 3.50. The molecule has 1 heterocycles. The number of aromatic amines is 1. The van der Waals surface area contributed by atoms with Gasteiger partial charge in [0, 0.05) is 11.2 Å². The van der Waals surface area contributed by atoms with E-state index in [1.54, 1.807) is 54.6 Å². The molecule has 34 heavy (non-hydrogen) atoms. The van der Waals surface area contributed by atoms with Crippen molar-refractivity contribution in [2.24, 2.45) is 5.10 Å². The van der Waals surface area contributed by atoms with Crippen molar-refractivity contribution in [3.8, 4) is 0 Å². The Morgan fingerprint density at radius 2 is 1.50 bits per heavy atom. The molecule has 0 saturated carbocycles. The van der Waals surface area contributed by atoms with Gasteiger partial charge in [-0.1, -0.05) is 48.5 Å². The lowest BCUT2D eigenvalue weighted by Gasteiger charge is -2.11. The predicted octanol–water partition coefficient (Wildman–Crippen LogP) is 2.87. The molecule has 3 aromatic carbocycles. The Balaban J connectivity index is 1.41. The summed E-state index contributed by atoms with van der Waals surface area (Å²) < 4.78 is 0. The number of hydrazone groups is 1. The van der Waals surface area contributed by atoms with Crippen molar-refractivity contribution < 1.29 is 14.4 Å². The number of pyridine rings is 1. The molecule has 0 unspecified atom stereocenters. The van der Waals surface area contributed by atoms with E-state index in [1.807, 2.05) is 18.2 Å². The molecular weight excluding hydrogens is 434 g/mol. The molecule has 0 aliphatic heterocycles. The third-order valence-electron chi connectivity index (χ3n) is 4.81. The molecule has 1 aromatic heterocycles. The molecule has 0 aliphatic rings. The van der Waals surface area contributed by atoms with Gasteiger partial charge in [-0.25, -0.2) is 5.43 Å². The molecule has 9 nitrogen and oxygen atoms in total. The number of H-pyrrole nitrogens is 1. The van der Waals surface area contributed by atoms with Gasteiger partial charge in [0.1, 0.15) is 0 Å². The fraction of sp³-hybridized carbons (Fsp3) is 0. The lowest BCUT2D eigenvalue weighted by Crippen LogP contribution is -2.33. The summed E-state index contributed by atoms with van der Waals surface area (Å²) in [5.74, 6) is -2.53. The summed E-state index contributed by atoms with van der Waals surface area (Å²) in [6, 6.07) is 23.9. The molecule has 0 aliphatic carbocycles. The minimum absolute atomic E-state index is 0.158. The molecule has 168 valence electrons. The van der Waals surface area contributed by atoms with Crippen LogP contribution in [0, 0.1) is 0 Å². The summed E-state index contributed by atoms with van der Waals surface area (Å²) in [6.07, 6.45) is 1.15. The van der Waals surface area contributed by atoms with Crippen molar-refractivity contribution in [2.45, 2.75) is 0 Å². The minimum Gasteiger partial charge on any atom is -0.322 e. The van der Waals surface area contributed by atoms with Crippen molar-refractivity contribution in [3.05, 3.63) is 106 Å². The summed E-state index contributed by atoms with van der Waals surface area (Å²) >= 11 is 0. The van der Waals surface area contributed by atoms with Crippen molar-refractivity contribution in [3.63, 3.8) is 0 Å². The molecule has 0 bridgehead atoms. The summed E-state index contributed by atoms with van der Waals surface area (Å²) in [7, 11) is 0. The number of anilines is 2. The summed E-state index contributed by atoms with van der Waals surface area (Å²) in [5, 5.41) is 9.62. The number of hydrogen-bond acceptors (Lipinski definition) is 5. The first-order valence-corrected chi connectivity index (χ1v) is 10.2. The maximum Gasteiger partial charge on any atom is 0.329 e. The van der Waals surface area contributed by atoms with E-state index in [2.05, 4.69) is 26.1 Å². The highest BCUT2D eigenvalue weighted by Gasteiger charge is 2.17. The van der Waals surface area contributed by atoms with E-state index in [0.29, 0.717) is 11.2 Å². The molecule has 0 spiro atoms. The largest absolute Gasteiger partial charge is 0.329 e. The van der Waals surface area contributed by atoms with Crippen LogP contribution in [0.5, 0.6) is 0 Å². The van der Waals surface area contributed by atoms with Crippen LogP contribution in [0.1, 0.15) is 15.9 Å². The summed E-state index contributed by atoms with van der Waals surface area (Å²) in [6.45, 7) is 0. The molecule has 0 saturated heterocycles. The normalized spacial score (nSPS) is 10.7. The van der Waals surface area contributed by atoms with Gasteiger partial charge in [-0.15, -0.1) is 0 Å². The van der Waals surface area contributed by atoms with E-state index in [1.165, 1.54) is 12.1 Å². The van der Waals surface area contributed by atoms with Gasteiger partial charge in [0.2, 0.25) is 0 Å². The van der Waals surface area contributed by atoms with Crippen molar-refractivity contribution in [2.75, 3.05) is 10.6 Å². The Labute approximate surface area is 193 Å². The SMILES string of the molecule is O=C(N/N=C\c1cc2ccccc2[nH]c1=O)C(=O)Nc1ccccc1C(=O)Nc1ccccc1. The average molecular weight is 453 g/mol. The second-order valence-electron chi connectivity index (χ2n) is 7.16. The molecule has 4 aromatic rings. The number of carbonyl (C=O) groups is 3. The molecule has 4 rings (SSSR count). The van der Waals surface area contributed by atoms with Crippen LogP contribution in [0.15, 0.2) is 94.8 Å². The topological polar surface area (TPSA) is 133 Å². The first-order chi connectivity index (χ1) is 16.5. The van der Waals surface area contributed by atoms with Gasteiger partial charge in [0.05, 0.1) is 23.0 Å². The standard InChI is InChI=1S/C25H19N5O4/c31-22-17(14-16-8-4-6-12-20(16)28-22)15-26-30-25(34)24(33)29-21-13-7-5-11-19(21)23(32)27-18-9-2-1-3-10-18/h1-15H,(H,27,32)(H,28,31)(H,29,33)(H,30,34)/b26-15-. The predicted molar refractivity (Wildman–Crippen MR) is 130 cm³/mol. The second-order valence-corrected chi connectivity index (χ2v) is 7.16. The van der Waals surface area contributed by atoms with Crippen LogP contribution in [0.2, 0.25) is 0 Å². The third kappa shape index (κ3) is 5.22. The number of benzene rings is 3. The number of nitrogens with zero attached hydrogens (tertiary/aromatic N) is 1. The number of aromatic nitrogens is 1. The highest BCUT2D eigenvalue weighted by atomic mass is 16.2. The summed E-state index contributed by atoms with van der Waals surface area (Å²) in [4.78, 5) is 52.0. The Morgan fingerprint density at radius 1 is 0.794 bits per heavy atom. The van der Waals surface area contributed by atoms with Gasteiger partial charge < -0.3 is 15.6 Å². The number of rotatable bonds is 5. The van der Waals surface area contributed by atoms with Crippen molar-refractivity contribution in [1.29, 1.82) is 0 Å². The van der Waals surface area contributed by atoms with Gasteiger partial charge in [-0.2, -0.15) is 5.10 Å². The van der Waals surface area contributed by atoms with Crippen LogP contribution in [-0.2, 0) is 9.59 Å². The highest BCUT2D eigenvalue weighted by molar-refractivity contribution is 6.40. The van der Waals surface area contributed by atoms with Crippen LogP contribution in [0.25, 0.3) is 10.9 Å². The van der Waals surface area contributed by atoms with Crippen LogP contribution in [-0.4, -0.2) is 28.9 Å². The van der Waals surface area contributed by atoms with Gasteiger partial charge in [-0.05, 0) is 41.8 Å². The molecule has 0 atom stereocenters. The maximum absolute atomic E-state index is 12.6. The van der Waals surface area contributed by atoms with E-state index < -0.39 is 17.7 Å². The zero-order valence-corrected chi connectivity index (χ0v) is 17.7. The number of para-hydroxylation sites is 3. The number of carbonyl (C=O) groups excluding carboxylic acids is 3. The van der Waals surface area contributed by atoms with Gasteiger partial charge in [-0.3, -0.25) is 19.2 Å². The monoisotopic (exact) mass is 453 g/mol. The fourth-order valence-corrected chi connectivity index (χ4v) is 3.16. The van der Waals surface area contributed by atoms with Crippen LogP contribution < -0.4 is 21.6 Å². The molecule has 3 amide bonds. The number of fused-ring (bicyclic) bond motifs is 1. The Morgan fingerprint density at radius 3 is 2.32 bits per heavy atom. The third-order valence-corrected chi connectivity index (χ3v) is 4.81. The quantitative estimate of drug-likeness (QED) is 0.210. The smallest absolute Gasteiger partial charge is 0.322 e.